The van der Waals surface area contributed by atoms with E-state index < -0.39 is 0 Å². The maximum absolute atomic E-state index is 12.5. The first-order chi connectivity index (χ1) is 15.0. The molecule has 2 heterocycles. The normalized spacial score (nSPS) is 13.2. The smallest absolute Gasteiger partial charge is 0.263 e. The van der Waals surface area contributed by atoms with E-state index in [-0.39, 0.29) is 12.5 Å². The number of benzene rings is 2. The Bertz CT molecular complexity index is 1230. The number of ether oxygens (including phenoxy) is 1. The molecular weight excluding hydrogens is 408 g/mol. The van der Waals surface area contributed by atoms with E-state index in [9.17, 15) is 4.79 Å². The number of nitrogens with one attached hydrogen (secondary N) is 1. The van der Waals surface area contributed by atoms with Gasteiger partial charge >= 0.3 is 0 Å². The number of fused-ring (bicyclic) bond motifs is 2. The van der Waals surface area contributed by atoms with E-state index in [4.69, 9.17) is 9.72 Å². The number of anilines is 1. The average molecular weight is 433 g/mol. The van der Waals surface area contributed by atoms with E-state index >= 15 is 0 Å². The highest BCUT2D eigenvalue weighted by Crippen LogP contribution is 2.32. The van der Waals surface area contributed by atoms with Crippen LogP contribution in [0, 0.1) is 13.8 Å². The number of nitrogens with zero attached hydrogens (tertiary/aromatic N) is 3. The Morgan fingerprint density at radius 2 is 1.94 bits per heavy atom. The molecule has 1 aliphatic carbocycles. The van der Waals surface area contributed by atoms with Gasteiger partial charge in [0.15, 0.2) is 6.61 Å². The summed E-state index contributed by atoms with van der Waals surface area (Å²) in [5, 5.41) is 8.23. The van der Waals surface area contributed by atoms with Gasteiger partial charge < -0.3 is 10.1 Å². The van der Waals surface area contributed by atoms with Crippen molar-refractivity contribution in [3.63, 3.8) is 0 Å². The fourth-order valence-corrected chi connectivity index (χ4v) is 4.98. The van der Waals surface area contributed by atoms with Crippen molar-refractivity contribution in [2.24, 2.45) is 0 Å². The van der Waals surface area contributed by atoms with E-state index in [0.29, 0.717) is 11.6 Å². The lowest BCUT2D eigenvalue weighted by Gasteiger charge is -2.14. The molecule has 6 nitrogen and oxygen atoms in total. The highest BCUT2D eigenvalue weighted by atomic mass is 32.1. The van der Waals surface area contributed by atoms with Crippen molar-refractivity contribution in [1.82, 2.24) is 14.8 Å². The number of rotatable bonds is 5. The molecule has 0 atom stereocenters. The number of carbonyl (C=O) groups excluding carboxylic acids is 1. The zero-order chi connectivity index (χ0) is 21.4. The summed E-state index contributed by atoms with van der Waals surface area (Å²) < 4.78 is 8.49. The summed E-state index contributed by atoms with van der Waals surface area (Å²) in [6.45, 7) is 3.82. The van der Waals surface area contributed by atoms with Crippen molar-refractivity contribution >= 4 is 33.3 Å². The molecule has 0 spiro atoms. The van der Waals surface area contributed by atoms with Crippen LogP contribution in [-0.2, 0) is 17.6 Å². The van der Waals surface area contributed by atoms with E-state index in [2.05, 4.69) is 22.5 Å². The Labute approximate surface area is 184 Å². The summed E-state index contributed by atoms with van der Waals surface area (Å²) in [7, 11) is 0. The van der Waals surface area contributed by atoms with Crippen LogP contribution in [0.25, 0.3) is 15.3 Å². The molecule has 1 aliphatic rings. The van der Waals surface area contributed by atoms with E-state index in [1.165, 1.54) is 24.0 Å². The standard InChI is InChI=1S/C24H24N4O2S/c1-15-6-5-9-19(10-15)30-14-23(29)26-22-11-16(2)27-28(22)24-25-20-12-17-7-3-4-8-18(17)13-21(20)31-24/h5-6,9-13H,3-4,7-8,14H2,1-2H3,(H,26,29). The molecule has 0 bridgehead atoms. The number of carbonyl (C=O) groups is 1. The Kier molecular flexibility index (Phi) is 5.19. The lowest BCUT2D eigenvalue weighted by atomic mass is 9.92. The molecule has 1 N–H and O–H groups in total. The quantitative estimate of drug-likeness (QED) is 0.482. The molecular formula is C24H24N4O2S. The van der Waals surface area contributed by atoms with Gasteiger partial charge in [-0.2, -0.15) is 9.78 Å². The van der Waals surface area contributed by atoms with Gasteiger partial charge in [-0.1, -0.05) is 23.5 Å². The third kappa shape index (κ3) is 4.18. The molecule has 2 aromatic heterocycles. The molecule has 1 amide bonds. The van der Waals surface area contributed by atoms with Gasteiger partial charge in [-0.15, -0.1) is 0 Å². The minimum atomic E-state index is -0.237. The van der Waals surface area contributed by atoms with Crippen LogP contribution in [0.1, 0.15) is 35.2 Å². The van der Waals surface area contributed by atoms with Gasteiger partial charge in [0.25, 0.3) is 5.91 Å². The monoisotopic (exact) mass is 432 g/mol. The van der Waals surface area contributed by atoms with Crippen LogP contribution in [-0.4, -0.2) is 27.3 Å². The summed E-state index contributed by atoms with van der Waals surface area (Å²) in [4.78, 5) is 17.3. The van der Waals surface area contributed by atoms with Gasteiger partial charge in [-0.25, -0.2) is 4.98 Å². The van der Waals surface area contributed by atoms with Crippen LogP contribution in [0.4, 0.5) is 5.82 Å². The molecule has 0 radical (unpaired) electrons. The fraction of sp³-hybridized carbons (Fsp3) is 0.292. The SMILES string of the molecule is Cc1cccc(OCC(=O)Nc2cc(C)nn2-c2nc3cc4c(cc3s2)CCCC4)c1. The highest BCUT2D eigenvalue weighted by Gasteiger charge is 2.17. The van der Waals surface area contributed by atoms with Crippen LogP contribution >= 0.6 is 11.3 Å². The van der Waals surface area contributed by atoms with Crippen LogP contribution in [0.2, 0.25) is 0 Å². The van der Waals surface area contributed by atoms with Crippen LogP contribution < -0.4 is 10.1 Å². The molecule has 0 saturated heterocycles. The van der Waals surface area contributed by atoms with Gasteiger partial charge in [0.2, 0.25) is 5.13 Å². The van der Waals surface area contributed by atoms with E-state index in [1.807, 2.05) is 44.2 Å². The fourth-order valence-electron chi connectivity index (χ4n) is 4.00. The molecule has 4 aromatic rings. The van der Waals surface area contributed by atoms with Gasteiger partial charge in [-0.05, 0) is 80.5 Å². The zero-order valence-electron chi connectivity index (χ0n) is 17.6. The van der Waals surface area contributed by atoms with Crippen molar-refractivity contribution in [2.75, 3.05) is 11.9 Å². The molecule has 2 aromatic carbocycles. The molecule has 31 heavy (non-hydrogen) atoms. The molecule has 7 heteroatoms. The van der Waals surface area contributed by atoms with Crippen LogP contribution in [0.3, 0.4) is 0 Å². The Hall–Kier alpha value is -3.19. The Balaban J connectivity index is 1.37. The Morgan fingerprint density at radius 1 is 1.13 bits per heavy atom. The maximum atomic E-state index is 12.5. The number of hydrogen-bond donors (Lipinski definition) is 1. The summed E-state index contributed by atoms with van der Waals surface area (Å²) in [5.74, 6) is 1.04. The lowest BCUT2D eigenvalue weighted by molar-refractivity contribution is -0.118. The number of aryl methyl sites for hydroxylation is 4. The van der Waals surface area contributed by atoms with Crippen molar-refractivity contribution in [1.29, 1.82) is 0 Å². The average Bonchev–Trinajstić information content (AvgIpc) is 3.32. The molecule has 0 fully saturated rings. The van der Waals surface area contributed by atoms with Crippen LogP contribution in [0.5, 0.6) is 5.75 Å². The summed E-state index contributed by atoms with van der Waals surface area (Å²) in [5.41, 5.74) is 5.74. The Morgan fingerprint density at radius 3 is 2.74 bits per heavy atom. The first-order valence-electron chi connectivity index (χ1n) is 10.5. The van der Waals surface area contributed by atoms with Crippen molar-refractivity contribution in [2.45, 2.75) is 39.5 Å². The zero-order valence-corrected chi connectivity index (χ0v) is 18.5. The van der Waals surface area contributed by atoms with Gasteiger partial charge in [-0.3, -0.25) is 4.79 Å². The number of hydrogen-bond acceptors (Lipinski definition) is 5. The first-order valence-corrected chi connectivity index (χ1v) is 11.4. The maximum Gasteiger partial charge on any atom is 0.263 e. The molecule has 0 unspecified atom stereocenters. The third-order valence-electron chi connectivity index (χ3n) is 5.48. The number of aromatic nitrogens is 3. The third-order valence-corrected chi connectivity index (χ3v) is 6.47. The molecule has 0 aliphatic heterocycles. The first kappa shape index (κ1) is 19.8. The number of amides is 1. The molecule has 158 valence electrons. The molecule has 5 rings (SSSR count). The second kappa shape index (κ2) is 8.15. The van der Waals surface area contributed by atoms with Gasteiger partial charge in [0.1, 0.15) is 11.6 Å². The highest BCUT2D eigenvalue weighted by molar-refractivity contribution is 7.20. The topological polar surface area (TPSA) is 69.0 Å². The predicted molar refractivity (Wildman–Crippen MR) is 123 cm³/mol. The molecule has 0 saturated carbocycles. The van der Waals surface area contributed by atoms with Crippen LogP contribution in [0.15, 0.2) is 42.5 Å². The summed E-state index contributed by atoms with van der Waals surface area (Å²) in [6, 6.07) is 14.0. The minimum Gasteiger partial charge on any atom is -0.484 e. The second-order valence-electron chi connectivity index (χ2n) is 8.03. The van der Waals surface area contributed by atoms with Gasteiger partial charge in [0.05, 0.1) is 15.9 Å². The summed E-state index contributed by atoms with van der Waals surface area (Å²) >= 11 is 1.60. The lowest BCUT2D eigenvalue weighted by Crippen LogP contribution is -2.21. The number of thiazole rings is 1. The van der Waals surface area contributed by atoms with Crippen molar-refractivity contribution in [3.05, 3.63) is 64.8 Å². The minimum absolute atomic E-state index is 0.0692. The summed E-state index contributed by atoms with van der Waals surface area (Å²) in [6.07, 6.45) is 4.76. The van der Waals surface area contributed by atoms with Crippen molar-refractivity contribution < 1.29 is 9.53 Å². The van der Waals surface area contributed by atoms with Gasteiger partial charge in [0, 0.05) is 6.07 Å². The predicted octanol–water partition coefficient (Wildman–Crippen LogP) is 5.00. The van der Waals surface area contributed by atoms with Crippen molar-refractivity contribution in [3.8, 4) is 10.9 Å². The second-order valence-corrected chi connectivity index (χ2v) is 9.04. The largest absolute Gasteiger partial charge is 0.484 e. The van der Waals surface area contributed by atoms with E-state index in [0.717, 1.165) is 39.4 Å². The van der Waals surface area contributed by atoms with E-state index in [1.54, 1.807) is 16.0 Å².